The minimum Gasteiger partial charge on any atom is -0.356 e. The number of halogens is 2. The number of carbonyl (C=O) groups is 1. The van der Waals surface area contributed by atoms with Crippen molar-refractivity contribution in [1.82, 2.24) is 10.3 Å². The van der Waals surface area contributed by atoms with Gasteiger partial charge in [0.05, 0.1) is 4.47 Å². The van der Waals surface area contributed by atoms with Crippen LogP contribution in [0, 0.1) is 0 Å². The van der Waals surface area contributed by atoms with E-state index in [0.717, 1.165) is 40.7 Å². The van der Waals surface area contributed by atoms with Crippen LogP contribution < -0.4 is 10.2 Å². The molecule has 0 bridgehead atoms. The molecule has 98 valence electrons. The van der Waals surface area contributed by atoms with Gasteiger partial charge in [-0.05, 0) is 50.8 Å². The number of hydrogen-bond acceptors (Lipinski definition) is 3. The first-order valence-corrected chi connectivity index (χ1v) is 7.48. The molecule has 4 nitrogen and oxygen atoms in total. The van der Waals surface area contributed by atoms with Gasteiger partial charge < -0.3 is 10.2 Å². The molecule has 1 N–H and O–H groups in total. The van der Waals surface area contributed by atoms with Crippen molar-refractivity contribution in [2.45, 2.75) is 25.8 Å². The number of anilines is 1. The molecule has 2 heterocycles. The number of rotatable bonds is 2. The predicted octanol–water partition coefficient (Wildman–Crippen LogP) is 2.71. The Balaban J connectivity index is 1.99. The van der Waals surface area contributed by atoms with E-state index >= 15 is 0 Å². The molecule has 1 aromatic rings. The van der Waals surface area contributed by atoms with Gasteiger partial charge in [0.25, 0.3) is 0 Å². The molecule has 18 heavy (non-hydrogen) atoms. The van der Waals surface area contributed by atoms with Crippen molar-refractivity contribution >= 4 is 43.6 Å². The number of pyridine rings is 1. The van der Waals surface area contributed by atoms with Crippen molar-refractivity contribution in [3.05, 3.63) is 21.2 Å². The second-order valence-electron chi connectivity index (χ2n) is 4.42. The summed E-state index contributed by atoms with van der Waals surface area (Å²) in [6, 6.07) is 2.30. The molecule has 1 aliphatic rings. The summed E-state index contributed by atoms with van der Waals surface area (Å²) >= 11 is 6.93. The second-order valence-corrected chi connectivity index (χ2v) is 6.19. The maximum atomic E-state index is 11.0. The molecule has 1 fully saturated rings. The summed E-state index contributed by atoms with van der Waals surface area (Å²) in [7, 11) is 0. The summed E-state index contributed by atoms with van der Waals surface area (Å²) in [6.45, 7) is 3.40. The van der Waals surface area contributed by atoms with Crippen LogP contribution in [-0.4, -0.2) is 30.0 Å². The van der Waals surface area contributed by atoms with Crippen LogP contribution in [0.5, 0.6) is 0 Å². The lowest BCUT2D eigenvalue weighted by atomic mass is 10.1. The maximum absolute atomic E-state index is 11.0. The van der Waals surface area contributed by atoms with Gasteiger partial charge in [0.15, 0.2) is 0 Å². The van der Waals surface area contributed by atoms with Gasteiger partial charge in [0.1, 0.15) is 5.82 Å². The lowest BCUT2D eigenvalue weighted by Gasteiger charge is -2.33. The molecule has 2 rings (SSSR count). The molecule has 0 atom stereocenters. The SMILES string of the molecule is CC(=O)NC1CCN(c2ncc(Br)cc2Br)CC1. The maximum Gasteiger partial charge on any atom is 0.217 e. The van der Waals surface area contributed by atoms with Crippen LogP contribution in [0.4, 0.5) is 5.82 Å². The number of nitrogens with zero attached hydrogens (tertiary/aromatic N) is 2. The minimum absolute atomic E-state index is 0.0522. The summed E-state index contributed by atoms with van der Waals surface area (Å²) in [5.41, 5.74) is 0. The Kier molecular flexibility index (Phi) is 4.61. The molecule has 0 unspecified atom stereocenters. The average Bonchev–Trinajstić information content (AvgIpc) is 2.30. The molecule has 1 amide bonds. The zero-order valence-corrected chi connectivity index (χ0v) is 13.3. The summed E-state index contributed by atoms with van der Waals surface area (Å²) < 4.78 is 1.96. The highest BCUT2D eigenvalue weighted by Crippen LogP contribution is 2.28. The summed E-state index contributed by atoms with van der Waals surface area (Å²) in [5, 5.41) is 2.97. The minimum atomic E-state index is 0.0522. The van der Waals surface area contributed by atoms with Gasteiger partial charge in [0, 0.05) is 36.7 Å². The Hall–Kier alpha value is -0.620. The number of aromatic nitrogens is 1. The van der Waals surface area contributed by atoms with E-state index in [2.05, 4.69) is 47.1 Å². The van der Waals surface area contributed by atoms with E-state index in [-0.39, 0.29) is 5.91 Å². The fourth-order valence-electron chi connectivity index (χ4n) is 2.16. The number of piperidine rings is 1. The zero-order valence-electron chi connectivity index (χ0n) is 10.1. The number of carbonyl (C=O) groups excluding carboxylic acids is 1. The van der Waals surface area contributed by atoms with Crippen molar-refractivity contribution in [2.75, 3.05) is 18.0 Å². The lowest BCUT2D eigenvalue weighted by Crippen LogP contribution is -2.44. The highest BCUT2D eigenvalue weighted by Gasteiger charge is 2.21. The molecule has 1 aliphatic heterocycles. The zero-order chi connectivity index (χ0) is 13.1. The third kappa shape index (κ3) is 3.45. The van der Waals surface area contributed by atoms with E-state index in [1.165, 1.54) is 0 Å². The van der Waals surface area contributed by atoms with Crippen molar-refractivity contribution in [2.24, 2.45) is 0 Å². The lowest BCUT2D eigenvalue weighted by molar-refractivity contribution is -0.119. The van der Waals surface area contributed by atoms with Crippen LogP contribution in [0.15, 0.2) is 21.2 Å². The van der Waals surface area contributed by atoms with Crippen LogP contribution in [0.3, 0.4) is 0 Å². The Labute approximate surface area is 123 Å². The molecule has 0 aromatic carbocycles. The van der Waals surface area contributed by atoms with Gasteiger partial charge in [-0.2, -0.15) is 0 Å². The molecule has 0 spiro atoms. The van der Waals surface area contributed by atoms with Crippen molar-refractivity contribution in [3.63, 3.8) is 0 Å². The third-order valence-corrected chi connectivity index (χ3v) is 4.01. The predicted molar refractivity (Wildman–Crippen MR) is 78.7 cm³/mol. The Morgan fingerprint density at radius 3 is 2.67 bits per heavy atom. The molecular weight excluding hydrogens is 362 g/mol. The van der Waals surface area contributed by atoms with Gasteiger partial charge in [0.2, 0.25) is 5.91 Å². The van der Waals surface area contributed by atoms with E-state index in [0.29, 0.717) is 6.04 Å². The average molecular weight is 377 g/mol. The fourth-order valence-corrected chi connectivity index (χ4v) is 3.40. The Bertz CT molecular complexity index is 445. The van der Waals surface area contributed by atoms with Crippen LogP contribution in [0.25, 0.3) is 0 Å². The molecule has 1 aromatic heterocycles. The normalized spacial score (nSPS) is 16.7. The molecular formula is C12H15Br2N3O. The first-order chi connectivity index (χ1) is 8.56. The highest BCUT2D eigenvalue weighted by molar-refractivity contribution is 9.11. The van der Waals surface area contributed by atoms with Crippen LogP contribution in [0.1, 0.15) is 19.8 Å². The largest absolute Gasteiger partial charge is 0.356 e. The standard InChI is InChI=1S/C12H15Br2N3O/c1-8(18)16-10-2-4-17(5-3-10)12-11(14)6-9(13)7-15-12/h6-7,10H,2-5H2,1H3,(H,16,18). The number of hydrogen-bond donors (Lipinski definition) is 1. The summed E-state index contributed by atoms with van der Waals surface area (Å²) in [6.07, 6.45) is 3.73. The molecule has 1 saturated heterocycles. The van der Waals surface area contributed by atoms with Crippen molar-refractivity contribution in [3.8, 4) is 0 Å². The Morgan fingerprint density at radius 2 is 2.11 bits per heavy atom. The third-order valence-electron chi connectivity index (χ3n) is 2.99. The molecule has 0 radical (unpaired) electrons. The van der Waals surface area contributed by atoms with E-state index in [1.807, 2.05) is 6.07 Å². The first-order valence-electron chi connectivity index (χ1n) is 5.89. The van der Waals surface area contributed by atoms with E-state index in [1.54, 1.807) is 13.1 Å². The van der Waals surface area contributed by atoms with Crippen LogP contribution >= 0.6 is 31.9 Å². The Morgan fingerprint density at radius 1 is 1.44 bits per heavy atom. The second kappa shape index (κ2) is 6.02. The first kappa shape index (κ1) is 13.8. The topological polar surface area (TPSA) is 45.2 Å². The van der Waals surface area contributed by atoms with E-state index < -0.39 is 0 Å². The van der Waals surface area contributed by atoms with Gasteiger partial charge in [-0.15, -0.1) is 0 Å². The summed E-state index contributed by atoms with van der Waals surface area (Å²) in [4.78, 5) is 17.7. The molecule has 0 aliphatic carbocycles. The van der Waals surface area contributed by atoms with Crippen LogP contribution in [-0.2, 0) is 4.79 Å². The van der Waals surface area contributed by atoms with Crippen molar-refractivity contribution in [1.29, 1.82) is 0 Å². The van der Waals surface area contributed by atoms with Crippen LogP contribution in [0.2, 0.25) is 0 Å². The summed E-state index contributed by atoms with van der Waals surface area (Å²) in [5.74, 6) is 1.02. The molecule has 0 saturated carbocycles. The quantitative estimate of drug-likeness (QED) is 0.863. The molecule has 6 heteroatoms. The number of amides is 1. The van der Waals surface area contributed by atoms with Gasteiger partial charge in [-0.25, -0.2) is 4.98 Å². The van der Waals surface area contributed by atoms with Gasteiger partial charge in [-0.3, -0.25) is 4.79 Å². The van der Waals surface area contributed by atoms with Crippen molar-refractivity contribution < 1.29 is 4.79 Å². The van der Waals surface area contributed by atoms with Gasteiger partial charge >= 0.3 is 0 Å². The number of nitrogens with one attached hydrogen (secondary N) is 1. The smallest absolute Gasteiger partial charge is 0.217 e. The monoisotopic (exact) mass is 375 g/mol. The van der Waals surface area contributed by atoms with Gasteiger partial charge in [-0.1, -0.05) is 0 Å². The van der Waals surface area contributed by atoms with E-state index in [9.17, 15) is 4.79 Å². The van der Waals surface area contributed by atoms with E-state index in [4.69, 9.17) is 0 Å². The highest BCUT2D eigenvalue weighted by atomic mass is 79.9. The fraction of sp³-hybridized carbons (Fsp3) is 0.500.